The molecule has 29 heavy (non-hydrogen) atoms. The molecule has 3 rings (SSSR count). The van der Waals surface area contributed by atoms with Crippen molar-refractivity contribution in [3.63, 3.8) is 0 Å². The van der Waals surface area contributed by atoms with Crippen LogP contribution in [0.4, 0.5) is 0 Å². The van der Waals surface area contributed by atoms with Crippen molar-refractivity contribution in [2.75, 3.05) is 13.2 Å². The molecular weight excluding hydrogens is 368 g/mol. The number of esters is 1. The third-order valence-corrected chi connectivity index (χ3v) is 4.93. The Labute approximate surface area is 172 Å². The second-order valence-electron chi connectivity index (χ2n) is 7.29. The van der Waals surface area contributed by atoms with Gasteiger partial charge in [0.25, 0.3) is 0 Å². The molecule has 154 valence electrons. The molecule has 1 heterocycles. The molecule has 5 heteroatoms. The van der Waals surface area contributed by atoms with Crippen LogP contribution in [0.25, 0.3) is 0 Å². The van der Waals surface area contributed by atoms with E-state index in [-0.39, 0.29) is 19.0 Å². The van der Waals surface area contributed by atoms with E-state index < -0.39 is 12.1 Å². The molecule has 1 unspecified atom stereocenters. The minimum atomic E-state index is -0.824. The van der Waals surface area contributed by atoms with E-state index in [2.05, 4.69) is 6.92 Å². The third-order valence-electron chi connectivity index (χ3n) is 4.93. The van der Waals surface area contributed by atoms with Crippen LogP contribution >= 0.6 is 0 Å². The number of fused-ring (bicyclic) bond motifs is 1. The standard InChI is InChI=1S/C24H28O5/c1-4-6-7-8-17-9-11-18(12-10-17)22(25)19-13-16(3)14-20-23(19)28-15-21(29-20)24(26)27-5-2/h9-14,21H,4-8,15H2,1-3H3. The van der Waals surface area contributed by atoms with Crippen LogP contribution in [0.5, 0.6) is 11.5 Å². The Morgan fingerprint density at radius 1 is 1.10 bits per heavy atom. The van der Waals surface area contributed by atoms with Crippen molar-refractivity contribution in [3.05, 3.63) is 58.7 Å². The number of rotatable bonds is 8. The largest absolute Gasteiger partial charge is 0.484 e. The van der Waals surface area contributed by atoms with Crippen LogP contribution in [0.1, 0.15) is 60.2 Å². The highest BCUT2D eigenvalue weighted by Crippen LogP contribution is 2.38. The summed E-state index contributed by atoms with van der Waals surface area (Å²) in [5.74, 6) is 0.191. The Hall–Kier alpha value is -2.82. The van der Waals surface area contributed by atoms with Gasteiger partial charge >= 0.3 is 5.97 Å². The summed E-state index contributed by atoms with van der Waals surface area (Å²) in [5, 5.41) is 0. The number of carbonyl (C=O) groups is 2. The molecule has 0 amide bonds. The van der Waals surface area contributed by atoms with Crippen LogP contribution < -0.4 is 9.47 Å². The number of ketones is 1. The van der Waals surface area contributed by atoms with Gasteiger partial charge in [0.1, 0.15) is 6.61 Å². The van der Waals surface area contributed by atoms with Crippen molar-refractivity contribution in [2.24, 2.45) is 0 Å². The summed E-state index contributed by atoms with van der Waals surface area (Å²) >= 11 is 0. The molecule has 0 saturated heterocycles. The monoisotopic (exact) mass is 396 g/mol. The van der Waals surface area contributed by atoms with Crippen molar-refractivity contribution in [1.82, 2.24) is 0 Å². The summed E-state index contributed by atoms with van der Waals surface area (Å²) in [6, 6.07) is 11.3. The van der Waals surface area contributed by atoms with Gasteiger partial charge in [0, 0.05) is 5.56 Å². The van der Waals surface area contributed by atoms with Crippen LogP contribution in [0.15, 0.2) is 36.4 Å². The number of benzene rings is 2. The third kappa shape index (κ3) is 4.97. The lowest BCUT2D eigenvalue weighted by Crippen LogP contribution is -2.38. The molecular formula is C24H28O5. The zero-order chi connectivity index (χ0) is 20.8. The SMILES string of the molecule is CCCCCc1ccc(C(=O)c2cc(C)cc3c2OCC(C(=O)OCC)O3)cc1. The smallest absolute Gasteiger partial charge is 0.350 e. The fourth-order valence-corrected chi connectivity index (χ4v) is 3.40. The molecule has 2 aromatic carbocycles. The van der Waals surface area contributed by atoms with Gasteiger partial charge in [0.05, 0.1) is 12.2 Å². The molecule has 0 spiro atoms. The second-order valence-corrected chi connectivity index (χ2v) is 7.29. The topological polar surface area (TPSA) is 61.8 Å². The molecule has 2 aromatic rings. The van der Waals surface area contributed by atoms with E-state index >= 15 is 0 Å². The molecule has 0 aromatic heterocycles. The summed E-state index contributed by atoms with van der Waals surface area (Å²) in [7, 11) is 0. The Balaban J connectivity index is 1.81. The van der Waals surface area contributed by atoms with Gasteiger partial charge in [-0.25, -0.2) is 4.79 Å². The number of carbonyl (C=O) groups excluding carboxylic acids is 2. The maximum absolute atomic E-state index is 13.1. The molecule has 0 radical (unpaired) electrons. The number of unbranched alkanes of at least 4 members (excludes halogenated alkanes) is 2. The number of hydrogen-bond acceptors (Lipinski definition) is 5. The van der Waals surface area contributed by atoms with E-state index in [0.717, 1.165) is 18.4 Å². The highest BCUT2D eigenvalue weighted by molar-refractivity contribution is 6.11. The molecule has 0 fully saturated rings. The van der Waals surface area contributed by atoms with Crippen LogP contribution in [0, 0.1) is 6.92 Å². The van der Waals surface area contributed by atoms with Crippen LogP contribution in [-0.2, 0) is 16.0 Å². The quantitative estimate of drug-likeness (QED) is 0.369. The van der Waals surface area contributed by atoms with Gasteiger partial charge < -0.3 is 14.2 Å². The minimum absolute atomic E-state index is 0.0194. The van der Waals surface area contributed by atoms with Gasteiger partial charge in [-0.3, -0.25) is 4.79 Å². The van der Waals surface area contributed by atoms with Crippen LogP contribution in [0.2, 0.25) is 0 Å². The molecule has 0 N–H and O–H groups in total. The summed E-state index contributed by atoms with van der Waals surface area (Å²) in [6.07, 6.45) is 3.75. The zero-order valence-corrected chi connectivity index (χ0v) is 17.3. The van der Waals surface area contributed by atoms with E-state index in [1.807, 2.05) is 31.2 Å². The van der Waals surface area contributed by atoms with Gasteiger partial charge in [0.2, 0.25) is 6.10 Å². The number of ether oxygens (including phenoxy) is 3. The Morgan fingerprint density at radius 3 is 2.55 bits per heavy atom. The van der Waals surface area contributed by atoms with Gasteiger partial charge in [-0.15, -0.1) is 0 Å². The predicted molar refractivity (Wildman–Crippen MR) is 111 cm³/mol. The highest BCUT2D eigenvalue weighted by atomic mass is 16.6. The van der Waals surface area contributed by atoms with E-state index in [1.54, 1.807) is 19.1 Å². The fourth-order valence-electron chi connectivity index (χ4n) is 3.40. The highest BCUT2D eigenvalue weighted by Gasteiger charge is 2.31. The van der Waals surface area contributed by atoms with E-state index in [0.29, 0.717) is 22.6 Å². The first kappa shape index (κ1) is 20.9. The summed E-state index contributed by atoms with van der Waals surface area (Å²) in [5.41, 5.74) is 3.14. The first-order valence-electron chi connectivity index (χ1n) is 10.3. The van der Waals surface area contributed by atoms with Gasteiger partial charge in [-0.2, -0.15) is 0 Å². The van der Waals surface area contributed by atoms with Crippen molar-refractivity contribution >= 4 is 11.8 Å². The molecule has 1 aliphatic rings. The van der Waals surface area contributed by atoms with Crippen molar-refractivity contribution in [2.45, 2.75) is 52.6 Å². The lowest BCUT2D eigenvalue weighted by molar-refractivity contribution is -0.153. The Morgan fingerprint density at radius 2 is 1.86 bits per heavy atom. The molecule has 1 atom stereocenters. The van der Waals surface area contributed by atoms with E-state index in [9.17, 15) is 9.59 Å². The summed E-state index contributed by atoms with van der Waals surface area (Å²) < 4.78 is 16.6. The number of aryl methyl sites for hydroxylation is 2. The average molecular weight is 396 g/mol. The minimum Gasteiger partial charge on any atom is -0.484 e. The Bertz CT molecular complexity index is 870. The van der Waals surface area contributed by atoms with Crippen molar-refractivity contribution in [3.8, 4) is 11.5 Å². The molecule has 0 saturated carbocycles. The van der Waals surface area contributed by atoms with E-state index in [1.165, 1.54) is 18.4 Å². The summed E-state index contributed by atoms with van der Waals surface area (Å²) in [6.45, 7) is 6.10. The lowest BCUT2D eigenvalue weighted by atomic mass is 9.97. The molecule has 0 bridgehead atoms. The van der Waals surface area contributed by atoms with Crippen LogP contribution in [0.3, 0.4) is 0 Å². The number of hydrogen-bond donors (Lipinski definition) is 0. The first-order valence-corrected chi connectivity index (χ1v) is 10.3. The van der Waals surface area contributed by atoms with Gasteiger partial charge in [0.15, 0.2) is 17.3 Å². The first-order chi connectivity index (χ1) is 14.0. The van der Waals surface area contributed by atoms with Crippen LogP contribution in [-0.4, -0.2) is 31.1 Å². The zero-order valence-electron chi connectivity index (χ0n) is 17.3. The summed E-state index contributed by atoms with van der Waals surface area (Å²) in [4.78, 5) is 25.1. The van der Waals surface area contributed by atoms with Crippen molar-refractivity contribution in [1.29, 1.82) is 0 Å². The normalized spacial score (nSPS) is 15.1. The lowest BCUT2D eigenvalue weighted by Gasteiger charge is -2.27. The Kier molecular flexibility index (Phi) is 6.91. The average Bonchev–Trinajstić information content (AvgIpc) is 2.73. The fraction of sp³-hybridized carbons (Fsp3) is 0.417. The maximum Gasteiger partial charge on any atom is 0.350 e. The molecule has 1 aliphatic heterocycles. The van der Waals surface area contributed by atoms with Crippen molar-refractivity contribution < 1.29 is 23.8 Å². The molecule has 5 nitrogen and oxygen atoms in total. The van der Waals surface area contributed by atoms with Gasteiger partial charge in [-0.05, 0) is 49.9 Å². The second kappa shape index (κ2) is 9.59. The van der Waals surface area contributed by atoms with Gasteiger partial charge in [-0.1, -0.05) is 44.0 Å². The van der Waals surface area contributed by atoms with E-state index in [4.69, 9.17) is 14.2 Å². The maximum atomic E-state index is 13.1. The molecule has 0 aliphatic carbocycles. The predicted octanol–water partition coefficient (Wildman–Crippen LogP) is 4.66.